The molecule has 0 saturated heterocycles. The Morgan fingerprint density at radius 1 is 1.17 bits per heavy atom. The number of halogens is 4. The van der Waals surface area contributed by atoms with E-state index in [2.05, 4.69) is 24.7 Å². The average molecular weight is 448 g/mol. The molecule has 0 fully saturated rings. The molecule has 0 radical (unpaired) electrons. The molecular formula is C16H13ClF3N5O3S. The van der Waals surface area contributed by atoms with Crippen LogP contribution in [0, 0.1) is 0 Å². The molecule has 1 aromatic heterocycles. The number of sulfonamides is 1. The Balaban J connectivity index is 2.10. The molecule has 0 unspecified atom stereocenters. The Kier molecular flexibility index (Phi) is 5.32. The molecule has 0 aliphatic heterocycles. The fraction of sp³-hybridized carbons (Fsp3) is 0.125. The van der Waals surface area contributed by atoms with Gasteiger partial charge in [0.25, 0.3) is 5.95 Å². The monoisotopic (exact) mass is 447 g/mol. The number of hydrogen-bond donors (Lipinski definition) is 3. The third-order valence-electron chi connectivity index (χ3n) is 3.55. The van der Waals surface area contributed by atoms with Crippen LogP contribution in [0.25, 0.3) is 11.1 Å². The highest BCUT2D eigenvalue weighted by Gasteiger charge is 2.35. The molecule has 8 nitrogen and oxygen atoms in total. The van der Waals surface area contributed by atoms with Gasteiger partial charge in [-0.3, -0.25) is 4.72 Å². The van der Waals surface area contributed by atoms with Crippen molar-refractivity contribution in [2.24, 2.45) is 0 Å². The van der Waals surface area contributed by atoms with Crippen LogP contribution in [0.1, 0.15) is 5.56 Å². The number of aromatic nitrogens is 2. The van der Waals surface area contributed by atoms with Gasteiger partial charge in [0.2, 0.25) is 10.0 Å². The normalized spacial score (nSPS) is 12.0. The maximum Gasteiger partial charge on any atom is 0.417 e. The maximum atomic E-state index is 13.7. The standard InChI is InChI=1S/C16H13ClF3N5O3S/c1-29(26,27)25-9-4-2-3-8(5-9)13-11(16(18,19)20)6-10(7-12(13)17)22-15-23-14(21)28-24-15/h2-7,25H,1H3,(H3,21,22,23,24). The zero-order chi connectivity index (χ0) is 21.4. The Morgan fingerprint density at radius 3 is 2.48 bits per heavy atom. The number of nitrogens with one attached hydrogen (secondary N) is 2. The Hall–Kier alpha value is -2.99. The highest BCUT2D eigenvalue weighted by Crippen LogP contribution is 2.43. The van der Waals surface area contributed by atoms with Crippen molar-refractivity contribution in [1.82, 2.24) is 10.1 Å². The van der Waals surface area contributed by atoms with Crippen LogP contribution < -0.4 is 15.8 Å². The largest absolute Gasteiger partial charge is 0.417 e. The van der Waals surface area contributed by atoms with Crippen molar-refractivity contribution in [2.75, 3.05) is 22.0 Å². The van der Waals surface area contributed by atoms with Crippen LogP contribution in [0.4, 0.5) is 36.5 Å². The molecule has 154 valence electrons. The van der Waals surface area contributed by atoms with E-state index in [1.807, 2.05) is 0 Å². The third kappa shape index (κ3) is 5.09. The summed E-state index contributed by atoms with van der Waals surface area (Å²) >= 11 is 6.16. The average Bonchev–Trinajstić information content (AvgIpc) is 2.97. The van der Waals surface area contributed by atoms with E-state index in [4.69, 9.17) is 17.3 Å². The molecule has 1 heterocycles. The van der Waals surface area contributed by atoms with Crippen molar-refractivity contribution < 1.29 is 26.1 Å². The van der Waals surface area contributed by atoms with E-state index >= 15 is 0 Å². The molecule has 0 amide bonds. The van der Waals surface area contributed by atoms with E-state index in [-0.39, 0.29) is 39.5 Å². The lowest BCUT2D eigenvalue weighted by molar-refractivity contribution is -0.137. The smallest absolute Gasteiger partial charge is 0.351 e. The van der Waals surface area contributed by atoms with Gasteiger partial charge in [-0.2, -0.15) is 18.2 Å². The Morgan fingerprint density at radius 2 is 1.90 bits per heavy atom. The summed E-state index contributed by atoms with van der Waals surface area (Å²) in [6, 6.07) is 7.26. The molecule has 3 aromatic rings. The summed E-state index contributed by atoms with van der Waals surface area (Å²) in [5.41, 5.74) is 4.06. The van der Waals surface area contributed by atoms with Crippen molar-refractivity contribution in [2.45, 2.75) is 6.18 Å². The zero-order valence-corrected chi connectivity index (χ0v) is 16.2. The number of anilines is 4. The molecule has 29 heavy (non-hydrogen) atoms. The molecule has 4 N–H and O–H groups in total. The highest BCUT2D eigenvalue weighted by atomic mass is 35.5. The summed E-state index contributed by atoms with van der Waals surface area (Å²) in [6.07, 6.45) is -3.83. The topological polar surface area (TPSA) is 123 Å². The van der Waals surface area contributed by atoms with Crippen molar-refractivity contribution in [3.8, 4) is 11.1 Å². The molecule has 0 bridgehead atoms. The van der Waals surface area contributed by atoms with Gasteiger partial charge < -0.3 is 15.6 Å². The van der Waals surface area contributed by atoms with Crippen LogP contribution in [0.5, 0.6) is 0 Å². The maximum absolute atomic E-state index is 13.7. The van der Waals surface area contributed by atoms with Crippen LogP contribution in [0.2, 0.25) is 5.02 Å². The molecule has 2 aromatic carbocycles. The van der Waals surface area contributed by atoms with Crippen molar-refractivity contribution in [3.63, 3.8) is 0 Å². The summed E-state index contributed by atoms with van der Waals surface area (Å²) < 4.78 is 70.8. The van der Waals surface area contributed by atoms with E-state index in [1.54, 1.807) is 0 Å². The van der Waals surface area contributed by atoms with Crippen LogP contribution >= 0.6 is 11.6 Å². The first-order valence-electron chi connectivity index (χ1n) is 7.77. The number of rotatable bonds is 5. The number of benzene rings is 2. The number of nitrogen functional groups attached to an aromatic ring is 1. The van der Waals surface area contributed by atoms with Gasteiger partial charge in [0.05, 0.1) is 16.8 Å². The Labute approximate surface area is 167 Å². The van der Waals surface area contributed by atoms with Gasteiger partial charge in [0.15, 0.2) is 0 Å². The fourth-order valence-electron chi connectivity index (χ4n) is 2.56. The molecule has 0 aliphatic rings. The highest BCUT2D eigenvalue weighted by molar-refractivity contribution is 7.92. The number of hydrogen-bond acceptors (Lipinski definition) is 7. The van der Waals surface area contributed by atoms with Gasteiger partial charge in [-0.05, 0) is 35.0 Å². The van der Waals surface area contributed by atoms with Crippen molar-refractivity contribution >= 4 is 45.0 Å². The lowest BCUT2D eigenvalue weighted by Gasteiger charge is -2.17. The summed E-state index contributed by atoms with van der Waals surface area (Å²) in [7, 11) is -3.61. The SMILES string of the molecule is CS(=O)(=O)Nc1cccc(-c2c(Cl)cc(Nc3noc(N)n3)cc2C(F)(F)F)c1. The predicted octanol–water partition coefficient (Wildman–Crippen LogP) is 4.11. The first-order valence-corrected chi connectivity index (χ1v) is 10.0. The minimum Gasteiger partial charge on any atom is -0.351 e. The summed E-state index contributed by atoms with van der Waals surface area (Å²) in [5.74, 6) is -0.140. The van der Waals surface area contributed by atoms with Crippen molar-refractivity contribution in [1.29, 1.82) is 0 Å². The molecule has 0 spiro atoms. The van der Waals surface area contributed by atoms with Gasteiger partial charge >= 0.3 is 12.2 Å². The predicted molar refractivity (Wildman–Crippen MR) is 102 cm³/mol. The van der Waals surface area contributed by atoms with Crippen LogP contribution in [0.3, 0.4) is 0 Å². The van der Waals surface area contributed by atoms with E-state index in [9.17, 15) is 21.6 Å². The Bertz CT molecular complexity index is 1160. The first kappa shape index (κ1) is 20.7. The second-order valence-electron chi connectivity index (χ2n) is 5.91. The van der Waals surface area contributed by atoms with E-state index in [0.29, 0.717) is 0 Å². The molecule has 13 heteroatoms. The van der Waals surface area contributed by atoms with Gasteiger partial charge in [-0.15, -0.1) is 0 Å². The first-order chi connectivity index (χ1) is 13.4. The van der Waals surface area contributed by atoms with Gasteiger partial charge in [-0.1, -0.05) is 23.7 Å². The fourth-order valence-corrected chi connectivity index (χ4v) is 3.45. The zero-order valence-electron chi connectivity index (χ0n) is 14.6. The van der Waals surface area contributed by atoms with Crippen molar-refractivity contribution in [3.05, 3.63) is 47.0 Å². The van der Waals surface area contributed by atoms with Crippen LogP contribution in [0.15, 0.2) is 40.9 Å². The number of alkyl halides is 3. The van der Waals surface area contributed by atoms with Gasteiger partial charge in [-0.25, -0.2) is 8.42 Å². The van der Waals surface area contributed by atoms with Crippen LogP contribution in [-0.4, -0.2) is 24.8 Å². The lowest BCUT2D eigenvalue weighted by Crippen LogP contribution is -2.10. The second-order valence-corrected chi connectivity index (χ2v) is 8.07. The van der Waals surface area contributed by atoms with Crippen LogP contribution in [-0.2, 0) is 16.2 Å². The van der Waals surface area contributed by atoms with E-state index < -0.39 is 21.8 Å². The lowest BCUT2D eigenvalue weighted by atomic mass is 9.98. The molecule has 0 saturated carbocycles. The van der Waals surface area contributed by atoms with E-state index in [1.165, 1.54) is 30.3 Å². The number of nitrogens with zero attached hydrogens (tertiary/aromatic N) is 2. The summed E-state index contributed by atoms with van der Waals surface area (Å²) in [6.45, 7) is 0. The molecule has 0 aliphatic carbocycles. The molecule has 3 rings (SSSR count). The third-order valence-corrected chi connectivity index (χ3v) is 4.45. The minimum absolute atomic E-state index is 0.0442. The van der Waals surface area contributed by atoms with Gasteiger partial charge in [0.1, 0.15) is 0 Å². The second kappa shape index (κ2) is 7.44. The molecular weight excluding hydrogens is 435 g/mol. The molecule has 0 atom stereocenters. The van der Waals surface area contributed by atoms with Gasteiger partial charge in [0, 0.05) is 16.9 Å². The quantitative estimate of drug-likeness (QED) is 0.537. The summed E-state index contributed by atoms with van der Waals surface area (Å²) in [4.78, 5) is 3.65. The number of nitrogens with two attached hydrogens (primary N) is 1. The summed E-state index contributed by atoms with van der Waals surface area (Å²) in [5, 5.41) is 5.75. The van der Waals surface area contributed by atoms with E-state index in [0.717, 1.165) is 12.3 Å². The minimum atomic E-state index is -4.76.